The summed E-state index contributed by atoms with van der Waals surface area (Å²) in [4.78, 5) is 2.13. The van der Waals surface area contributed by atoms with Crippen LogP contribution >= 0.6 is 0 Å². The molecule has 7 heteroatoms. The largest absolute Gasteiger partial charge is 0.316 e. The van der Waals surface area contributed by atoms with Gasteiger partial charge in [0, 0.05) is 31.2 Å². The first-order valence-corrected chi connectivity index (χ1v) is 8.39. The topological polar surface area (TPSA) is 61.4 Å². The first-order chi connectivity index (χ1) is 9.77. The van der Waals surface area contributed by atoms with E-state index in [0.717, 1.165) is 0 Å². The molecule has 0 unspecified atom stereocenters. The Hall–Kier alpha value is -1.02. The summed E-state index contributed by atoms with van der Waals surface area (Å²) in [6.45, 7) is 5.29. The second-order valence-corrected chi connectivity index (χ2v) is 7.02. The van der Waals surface area contributed by atoms with Crippen molar-refractivity contribution in [3.05, 3.63) is 29.6 Å². The summed E-state index contributed by atoms with van der Waals surface area (Å²) in [6, 6.07) is 4.17. The van der Waals surface area contributed by atoms with Gasteiger partial charge in [-0.2, -0.15) is 0 Å². The molecule has 21 heavy (non-hydrogen) atoms. The molecule has 0 bridgehead atoms. The maximum Gasteiger partial charge on any atom is 0.240 e. The van der Waals surface area contributed by atoms with Crippen LogP contribution in [-0.4, -0.2) is 46.5 Å². The van der Waals surface area contributed by atoms with Gasteiger partial charge in [0.1, 0.15) is 5.82 Å². The lowest BCUT2D eigenvalue weighted by atomic mass is 10.2. The zero-order valence-electron chi connectivity index (χ0n) is 13.0. The van der Waals surface area contributed by atoms with E-state index < -0.39 is 15.8 Å². The van der Waals surface area contributed by atoms with E-state index in [0.29, 0.717) is 24.7 Å². The van der Waals surface area contributed by atoms with E-state index in [1.165, 1.54) is 18.2 Å². The van der Waals surface area contributed by atoms with Crippen LogP contribution in [0.1, 0.15) is 19.4 Å². The van der Waals surface area contributed by atoms with Crippen LogP contribution in [0.4, 0.5) is 4.39 Å². The van der Waals surface area contributed by atoms with Crippen molar-refractivity contribution in [2.45, 2.75) is 31.3 Å². The summed E-state index contributed by atoms with van der Waals surface area (Å²) < 4.78 is 40.4. The lowest BCUT2D eigenvalue weighted by Gasteiger charge is -2.20. The van der Waals surface area contributed by atoms with Crippen LogP contribution in [0, 0.1) is 5.82 Å². The van der Waals surface area contributed by atoms with E-state index in [-0.39, 0.29) is 11.4 Å². The molecule has 0 radical (unpaired) electrons. The van der Waals surface area contributed by atoms with E-state index in [1.54, 1.807) is 7.05 Å². The molecule has 1 aromatic carbocycles. The van der Waals surface area contributed by atoms with Crippen molar-refractivity contribution in [2.75, 3.05) is 27.2 Å². The minimum atomic E-state index is -3.61. The summed E-state index contributed by atoms with van der Waals surface area (Å²) in [5, 5.41) is 2.81. The fraction of sp³-hybridized carbons (Fsp3) is 0.571. The Kier molecular flexibility index (Phi) is 6.73. The van der Waals surface area contributed by atoms with E-state index >= 15 is 0 Å². The van der Waals surface area contributed by atoms with Gasteiger partial charge in [-0.1, -0.05) is 0 Å². The number of hydrogen-bond donors (Lipinski definition) is 2. The van der Waals surface area contributed by atoms with Crippen molar-refractivity contribution in [2.24, 2.45) is 0 Å². The van der Waals surface area contributed by atoms with Gasteiger partial charge in [0.25, 0.3) is 0 Å². The first kappa shape index (κ1) is 18.0. The van der Waals surface area contributed by atoms with Crippen molar-refractivity contribution in [3.63, 3.8) is 0 Å². The summed E-state index contributed by atoms with van der Waals surface area (Å²) in [5.74, 6) is -0.414. The molecule has 0 atom stereocenters. The lowest BCUT2D eigenvalue weighted by molar-refractivity contribution is 0.278. The second kappa shape index (κ2) is 7.84. The number of sulfonamides is 1. The minimum Gasteiger partial charge on any atom is -0.316 e. The molecule has 0 fully saturated rings. The summed E-state index contributed by atoms with van der Waals surface area (Å²) in [6.07, 6.45) is 0. The standard InChI is InChI=1S/C14H24FN3O2S/c1-11(2)18(4)8-7-17-21(19,20)13-5-6-14(15)12(9-13)10-16-3/h5-6,9,11,16-17H,7-8,10H2,1-4H3. The van der Waals surface area contributed by atoms with E-state index in [4.69, 9.17) is 0 Å². The van der Waals surface area contributed by atoms with Gasteiger partial charge in [-0.15, -0.1) is 0 Å². The molecule has 0 heterocycles. The Morgan fingerprint density at radius 2 is 2.00 bits per heavy atom. The SMILES string of the molecule is CNCc1cc(S(=O)(=O)NCCN(C)C(C)C)ccc1F. The van der Waals surface area contributed by atoms with Crippen LogP contribution in [0.15, 0.2) is 23.1 Å². The van der Waals surface area contributed by atoms with Gasteiger partial charge < -0.3 is 10.2 Å². The Balaban J connectivity index is 2.76. The fourth-order valence-corrected chi connectivity index (χ4v) is 2.81. The number of nitrogens with one attached hydrogen (secondary N) is 2. The fourth-order valence-electron chi connectivity index (χ4n) is 1.74. The molecular formula is C14H24FN3O2S. The van der Waals surface area contributed by atoms with Crippen LogP contribution in [0.2, 0.25) is 0 Å². The monoisotopic (exact) mass is 317 g/mol. The zero-order valence-corrected chi connectivity index (χ0v) is 13.8. The molecule has 120 valence electrons. The van der Waals surface area contributed by atoms with E-state index in [1.807, 2.05) is 25.8 Å². The molecule has 0 aliphatic rings. The summed E-state index contributed by atoms with van der Waals surface area (Å²) >= 11 is 0. The van der Waals surface area contributed by atoms with Crippen molar-refractivity contribution in [1.29, 1.82) is 0 Å². The number of benzene rings is 1. The second-order valence-electron chi connectivity index (χ2n) is 5.26. The summed E-state index contributed by atoms with van der Waals surface area (Å²) in [7, 11) is 0.00326. The van der Waals surface area contributed by atoms with Gasteiger partial charge in [0.05, 0.1) is 4.90 Å². The highest BCUT2D eigenvalue weighted by molar-refractivity contribution is 7.89. The number of rotatable bonds is 8. The van der Waals surface area contributed by atoms with Crippen molar-refractivity contribution >= 4 is 10.0 Å². The number of hydrogen-bond acceptors (Lipinski definition) is 4. The van der Waals surface area contributed by atoms with Gasteiger partial charge in [0.2, 0.25) is 10.0 Å². The van der Waals surface area contributed by atoms with Crippen LogP contribution in [0.5, 0.6) is 0 Å². The maximum atomic E-state index is 13.5. The van der Waals surface area contributed by atoms with E-state index in [9.17, 15) is 12.8 Å². The molecule has 0 aliphatic carbocycles. The predicted molar refractivity (Wildman–Crippen MR) is 82.1 cm³/mol. The smallest absolute Gasteiger partial charge is 0.240 e. The number of nitrogens with zero attached hydrogens (tertiary/aromatic N) is 1. The molecule has 2 N–H and O–H groups in total. The van der Waals surface area contributed by atoms with E-state index in [2.05, 4.69) is 10.0 Å². The van der Waals surface area contributed by atoms with Crippen molar-refractivity contribution in [1.82, 2.24) is 14.9 Å². The average molecular weight is 317 g/mol. The highest BCUT2D eigenvalue weighted by Crippen LogP contribution is 2.15. The molecule has 0 aromatic heterocycles. The molecule has 0 aliphatic heterocycles. The van der Waals surface area contributed by atoms with Gasteiger partial charge in [-0.05, 0) is 46.1 Å². The molecule has 0 amide bonds. The van der Waals surface area contributed by atoms with Crippen LogP contribution < -0.4 is 10.0 Å². The third-order valence-corrected chi connectivity index (χ3v) is 4.79. The molecule has 5 nitrogen and oxygen atoms in total. The Bertz CT molecular complexity index is 561. The summed E-state index contributed by atoms with van der Waals surface area (Å²) in [5.41, 5.74) is 0.333. The third-order valence-electron chi connectivity index (χ3n) is 3.33. The minimum absolute atomic E-state index is 0.0846. The average Bonchev–Trinajstić information content (AvgIpc) is 2.40. The van der Waals surface area contributed by atoms with Gasteiger partial charge in [-0.3, -0.25) is 0 Å². The molecule has 1 aromatic rings. The van der Waals surface area contributed by atoms with Gasteiger partial charge in [-0.25, -0.2) is 17.5 Å². The zero-order chi connectivity index (χ0) is 16.0. The third kappa shape index (κ3) is 5.35. The number of halogens is 1. The maximum absolute atomic E-state index is 13.5. The normalized spacial score (nSPS) is 12.3. The molecule has 0 saturated carbocycles. The Morgan fingerprint density at radius 3 is 2.57 bits per heavy atom. The van der Waals surface area contributed by atoms with Gasteiger partial charge in [0.15, 0.2) is 0 Å². The number of likely N-dealkylation sites (N-methyl/N-ethyl adjacent to an activating group) is 1. The Morgan fingerprint density at radius 1 is 1.33 bits per heavy atom. The molecule has 1 rings (SSSR count). The predicted octanol–water partition coefficient (Wildman–Crippen LogP) is 1.16. The van der Waals surface area contributed by atoms with Crippen molar-refractivity contribution < 1.29 is 12.8 Å². The molecule has 0 spiro atoms. The van der Waals surface area contributed by atoms with Crippen molar-refractivity contribution in [3.8, 4) is 0 Å². The first-order valence-electron chi connectivity index (χ1n) is 6.91. The van der Waals surface area contributed by atoms with Crippen LogP contribution in [-0.2, 0) is 16.6 Å². The van der Waals surface area contributed by atoms with Crippen LogP contribution in [0.3, 0.4) is 0 Å². The van der Waals surface area contributed by atoms with Crippen LogP contribution in [0.25, 0.3) is 0 Å². The Labute approximate surface area is 126 Å². The molecular weight excluding hydrogens is 293 g/mol. The highest BCUT2D eigenvalue weighted by atomic mass is 32.2. The quantitative estimate of drug-likeness (QED) is 0.755. The highest BCUT2D eigenvalue weighted by Gasteiger charge is 2.16. The lowest BCUT2D eigenvalue weighted by Crippen LogP contribution is -2.36. The van der Waals surface area contributed by atoms with Gasteiger partial charge >= 0.3 is 0 Å². The molecule has 0 saturated heterocycles.